The van der Waals surface area contributed by atoms with Gasteiger partial charge in [-0.25, -0.2) is 4.39 Å². The van der Waals surface area contributed by atoms with Crippen LogP contribution in [0.25, 0.3) is 0 Å². The van der Waals surface area contributed by atoms with Crippen LogP contribution in [0.1, 0.15) is 13.8 Å². The van der Waals surface area contributed by atoms with Crippen LogP contribution < -0.4 is 0 Å². The zero-order chi connectivity index (χ0) is 30.5. The van der Waals surface area contributed by atoms with Gasteiger partial charge in [0.15, 0.2) is 0 Å². The topological polar surface area (TPSA) is 18.5 Å². The van der Waals surface area contributed by atoms with E-state index in [1.54, 1.807) is 0 Å². The highest BCUT2D eigenvalue weighted by atomic mass is 28.4. The lowest BCUT2D eigenvalue weighted by Gasteiger charge is -2.45. The first kappa shape index (κ1) is 35.5. The molecule has 23 heteroatoms. The minimum absolute atomic E-state index is 0.388. The first-order valence-electron chi connectivity index (χ1n) is 8.68. The molecule has 0 N–H and O–H groups in total. The summed E-state index contributed by atoms with van der Waals surface area (Å²) in [5.41, 5.74) is -11.5. The smallest absolute Gasteiger partial charge is 0.386 e. The highest BCUT2D eigenvalue weighted by Crippen LogP contribution is 2.65. The lowest BCUT2D eigenvalue weighted by molar-refractivity contribution is -0.459. The van der Waals surface area contributed by atoms with Crippen molar-refractivity contribution in [3.05, 3.63) is 11.5 Å². The van der Waals surface area contributed by atoms with Gasteiger partial charge in [0.1, 0.15) is 0 Å². The van der Waals surface area contributed by atoms with Crippen molar-refractivity contribution in [3.63, 3.8) is 0 Å². The van der Waals surface area contributed by atoms with Crippen LogP contribution in [-0.2, 0) is 8.85 Å². The van der Waals surface area contributed by atoms with Gasteiger partial charge in [0.25, 0.3) is 0 Å². The van der Waals surface area contributed by atoms with Crippen LogP contribution in [0.15, 0.2) is 11.5 Å². The van der Waals surface area contributed by atoms with Crippen molar-refractivity contribution < 1.29 is 96.7 Å². The molecule has 0 rings (SSSR count). The molecule has 0 aromatic rings. The second kappa shape index (κ2) is 9.90. The van der Waals surface area contributed by atoms with Crippen LogP contribution in [0.2, 0.25) is 0 Å². The van der Waals surface area contributed by atoms with Crippen molar-refractivity contribution in [2.75, 3.05) is 13.2 Å². The Morgan fingerprint density at radius 3 is 1.00 bits per heavy atom. The van der Waals surface area contributed by atoms with Crippen molar-refractivity contribution in [3.8, 4) is 0 Å². The number of rotatable bonds is 12. The Hall–Kier alpha value is -1.52. The summed E-state index contributed by atoms with van der Waals surface area (Å²) in [6.45, 7) is -2.52. The van der Waals surface area contributed by atoms with Crippen LogP contribution in [0.3, 0.4) is 0 Å². The maximum atomic E-state index is 14.5. The molecule has 0 atom stereocenters. The summed E-state index contributed by atoms with van der Waals surface area (Å²) in [6, 6.07) is 0. The Morgan fingerprint density at radius 2 is 0.757 bits per heavy atom. The summed E-state index contributed by atoms with van der Waals surface area (Å²) in [7, 11) is -7.88. The van der Waals surface area contributed by atoms with E-state index >= 15 is 0 Å². The van der Waals surface area contributed by atoms with E-state index in [0.717, 1.165) is 0 Å². The Labute approximate surface area is 192 Å². The summed E-state index contributed by atoms with van der Waals surface area (Å²) in [5.74, 6) is -52.3. The Kier molecular flexibility index (Phi) is 9.49. The molecule has 0 spiro atoms. The average molecular weight is 618 g/mol. The summed E-state index contributed by atoms with van der Waals surface area (Å²) in [5, 5.41) is 0. The average Bonchev–Trinajstić information content (AvgIpc) is 2.70. The molecule has 0 amide bonds. The first-order valence-corrected chi connectivity index (χ1v) is 10.5. The maximum Gasteiger partial charge on any atom is 0.490 e. The second-order valence-electron chi connectivity index (χ2n) is 6.58. The minimum Gasteiger partial charge on any atom is -0.386 e. The molecule has 0 aromatic carbocycles. The van der Waals surface area contributed by atoms with Crippen LogP contribution in [0.5, 0.6) is 0 Å². The van der Waals surface area contributed by atoms with Crippen molar-refractivity contribution in [2.24, 2.45) is 0 Å². The predicted molar refractivity (Wildman–Crippen MR) is 80.0 cm³/mol. The lowest BCUT2D eigenvalue weighted by atomic mass is 9.91. The van der Waals surface area contributed by atoms with Gasteiger partial charge < -0.3 is 8.85 Å². The third kappa shape index (κ3) is 4.65. The molecule has 37 heavy (non-hydrogen) atoms. The standard InChI is InChI=1S/C14H10F20O2Si/c1-3-35-37(36-4-2,6(17)5(15)16)14(33,34)12(28,29)10(24,25)8(20,21)7(18,19)9(22,23)11(26,27)13(30,31)32/h3-4H2,1-2H3. The Morgan fingerprint density at radius 1 is 0.486 bits per heavy atom. The molecule has 0 radical (unpaired) electrons. The quantitative estimate of drug-likeness (QED) is 0.165. The van der Waals surface area contributed by atoms with Gasteiger partial charge in [0, 0.05) is 13.2 Å². The Balaban J connectivity index is 7.42. The summed E-state index contributed by atoms with van der Waals surface area (Å²) in [4.78, 5) is 0. The fourth-order valence-electron chi connectivity index (χ4n) is 2.39. The van der Waals surface area contributed by atoms with Crippen molar-refractivity contribution in [1.82, 2.24) is 0 Å². The van der Waals surface area contributed by atoms with E-state index in [-0.39, 0.29) is 0 Å². The zero-order valence-corrected chi connectivity index (χ0v) is 18.3. The van der Waals surface area contributed by atoms with Gasteiger partial charge in [-0.2, -0.15) is 83.4 Å². The van der Waals surface area contributed by atoms with E-state index in [9.17, 15) is 87.8 Å². The van der Waals surface area contributed by atoms with Gasteiger partial charge in [0.2, 0.25) is 5.45 Å². The van der Waals surface area contributed by atoms with Crippen LogP contribution in [0, 0.1) is 0 Å². The van der Waals surface area contributed by atoms with E-state index in [4.69, 9.17) is 0 Å². The molecule has 0 unspecified atom stereocenters. The molecule has 0 fully saturated rings. The highest BCUT2D eigenvalue weighted by molar-refractivity contribution is 6.77. The molecule has 0 aliphatic heterocycles. The molecule has 2 nitrogen and oxygen atoms in total. The van der Waals surface area contributed by atoms with Crippen molar-refractivity contribution in [1.29, 1.82) is 0 Å². The molecule has 0 heterocycles. The van der Waals surface area contributed by atoms with Crippen molar-refractivity contribution >= 4 is 8.56 Å². The molecule has 222 valence electrons. The number of halogens is 20. The molecular formula is C14H10F20O2Si. The molecular weight excluding hydrogens is 608 g/mol. The second-order valence-corrected chi connectivity index (χ2v) is 9.45. The fourth-order valence-corrected chi connectivity index (χ4v) is 5.00. The van der Waals surface area contributed by atoms with Gasteiger partial charge in [-0.15, -0.1) is 0 Å². The van der Waals surface area contributed by atoms with E-state index < -0.39 is 80.6 Å². The fraction of sp³-hybridized carbons (Fsp3) is 0.857. The SMILES string of the molecule is CCO[Si](OCC)(C(F)=C(F)F)C(F)(F)C(F)(F)C(F)(F)C(F)(F)C(F)(F)C(F)(F)C(F)(F)C(F)(F)F. The third-order valence-corrected chi connectivity index (χ3v) is 7.58. The Bertz CT molecular complexity index is 836. The van der Waals surface area contributed by atoms with Crippen LogP contribution in [0.4, 0.5) is 87.8 Å². The normalized spacial score (nSPS) is 15.7. The summed E-state index contributed by atoms with van der Waals surface area (Å²) in [6.07, 6.45) is -12.0. The maximum absolute atomic E-state index is 14.5. The predicted octanol–water partition coefficient (Wildman–Crippen LogP) is 7.67. The molecule has 0 bridgehead atoms. The van der Waals surface area contributed by atoms with Gasteiger partial charge >= 0.3 is 61.9 Å². The largest absolute Gasteiger partial charge is 0.490 e. The minimum atomic E-state index is -8.96. The monoisotopic (exact) mass is 618 g/mol. The van der Waals surface area contributed by atoms with E-state index in [0.29, 0.717) is 13.8 Å². The van der Waals surface area contributed by atoms with E-state index in [2.05, 4.69) is 8.85 Å². The zero-order valence-electron chi connectivity index (χ0n) is 17.3. The number of hydrogen-bond acceptors (Lipinski definition) is 2. The first-order chi connectivity index (χ1) is 16.0. The third-order valence-electron chi connectivity index (χ3n) is 4.29. The van der Waals surface area contributed by atoms with Crippen LogP contribution in [-0.4, -0.2) is 69.0 Å². The van der Waals surface area contributed by atoms with E-state index in [1.165, 1.54) is 0 Å². The number of hydrogen-bond donors (Lipinski definition) is 0. The van der Waals surface area contributed by atoms with Crippen molar-refractivity contribution in [2.45, 2.75) is 61.1 Å². The van der Waals surface area contributed by atoms with Gasteiger partial charge in [-0.1, -0.05) is 0 Å². The molecule has 0 aromatic heterocycles. The number of alkyl halides is 17. The summed E-state index contributed by atoms with van der Waals surface area (Å²) < 4.78 is 274. The van der Waals surface area contributed by atoms with Gasteiger partial charge in [0.05, 0.1) is 0 Å². The molecule has 0 aliphatic carbocycles. The van der Waals surface area contributed by atoms with Gasteiger partial charge in [-0.05, 0) is 13.8 Å². The molecule has 0 saturated carbocycles. The molecule has 0 saturated heterocycles. The molecule has 0 aliphatic rings. The highest BCUT2D eigenvalue weighted by Gasteiger charge is 2.97. The lowest BCUT2D eigenvalue weighted by Crippen LogP contribution is -2.78. The van der Waals surface area contributed by atoms with E-state index in [1.807, 2.05) is 0 Å². The van der Waals surface area contributed by atoms with Gasteiger partial charge in [-0.3, -0.25) is 0 Å². The summed E-state index contributed by atoms with van der Waals surface area (Å²) >= 11 is 0. The van der Waals surface area contributed by atoms with Crippen LogP contribution >= 0.6 is 0 Å².